The third kappa shape index (κ3) is 8.37. The van der Waals surface area contributed by atoms with Crippen LogP contribution in [0.15, 0.2) is 24.3 Å². The molecule has 0 saturated carbocycles. The second-order valence-corrected chi connectivity index (χ2v) is 9.95. The van der Waals surface area contributed by atoms with Crippen LogP contribution in [0.25, 0.3) is 0 Å². The van der Waals surface area contributed by atoms with Crippen LogP contribution in [0.2, 0.25) is 0 Å². The third-order valence-electron chi connectivity index (χ3n) is 4.22. The zero-order valence-electron chi connectivity index (χ0n) is 20.2. The van der Waals surface area contributed by atoms with Gasteiger partial charge in [-0.05, 0) is 73.1 Å². The van der Waals surface area contributed by atoms with Gasteiger partial charge in [0.15, 0.2) is 0 Å². The molecule has 0 radical (unpaired) electrons. The number of aromatic hydroxyl groups is 1. The van der Waals surface area contributed by atoms with E-state index in [1.54, 1.807) is 46.8 Å². The van der Waals surface area contributed by atoms with E-state index in [2.05, 4.69) is 10.6 Å². The highest BCUT2D eigenvalue weighted by Crippen LogP contribution is 2.27. The maximum Gasteiger partial charge on any atom is 0.408 e. The van der Waals surface area contributed by atoms with Crippen LogP contribution in [0.3, 0.4) is 0 Å². The van der Waals surface area contributed by atoms with Crippen LogP contribution in [-0.4, -0.2) is 62.9 Å². The lowest BCUT2D eigenvalue weighted by molar-refractivity contribution is -0.145. The number of ether oxygens (including phenoxy) is 1. The fraction of sp³-hybridized carbons (Fsp3) is 0.609. The number of carbonyl (C=O) groups excluding carboxylic acids is 3. The number of aliphatic hydroxyl groups excluding tert-OH is 1. The van der Waals surface area contributed by atoms with E-state index in [1.165, 1.54) is 17.0 Å². The van der Waals surface area contributed by atoms with E-state index in [-0.39, 0.29) is 5.75 Å². The molecule has 9 heteroatoms. The Balaban J connectivity index is 3.36. The number of phenolic OH excluding ortho intramolecular Hbond substituents is 1. The van der Waals surface area contributed by atoms with Crippen LogP contribution in [0, 0.1) is 0 Å². The van der Waals surface area contributed by atoms with Crippen molar-refractivity contribution in [1.29, 1.82) is 0 Å². The van der Waals surface area contributed by atoms with Crippen LogP contribution in [-0.2, 0) is 14.3 Å². The molecular weight excluding hydrogens is 414 g/mol. The van der Waals surface area contributed by atoms with Gasteiger partial charge in [-0.15, -0.1) is 0 Å². The Bertz CT molecular complexity index is 793. The first-order valence-electron chi connectivity index (χ1n) is 10.6. The summed E-state index contributed by atoms with van der Waals surface area (Å²) in [5.74, 6) is -1.05. The minimum atomic E-state index is -1.31. The smallest absolute Gasteiger partial charge is 0.408 e. The van der Waals surface area contributed by atoms with Crippen molar-refractivity contribution in [1.82, 2.24) is 15.5 Å². The van der Waals surface area contributed by atoms with Crippen molar-refractivity contribution < 1.29 is 29.3 Å². The van der Waals surface area contributed by atoms with Crippen molar-refractivity contribution in [2.75, 3.05) is 6.61 Å². The van der Waals surface area contributed by atoms with Gasteiger partial charge in [-0.3, -0.25) is 9.59 Å². The number of nitrogens with zero attached hydrogens (tertiary/aromatic N) is 1. The van der Waals surface area contributed by atoms with E-state index >= 15 is 0 Å². The number of nitrogens with one attached hydrogen (secondary N) is 2. The molecule has 180 valence electrons. The molecule has 9 nitrogen and oxygen atoms in total. The SMILES string of the molecule is CC(C)N(C(=O)C(CO)NC(=O)OC(C)(C)C)C(C(=O)NC(C)(C)C)c1ccc(O)cc1. The largest absolute Gasteiger partial charge is 0.508 e. The fourth-order valence-electron chi connectivity index (χ4n) is 3.03. The lowest BCUT2D eigenvalue weighted by Gasteiger charge is -2.38. The molecule has 0 fully saturated rings. The number of rotatable bonds is 7. The van der Waals surface area contributed by atoms with Crippen molar-refractivity contribution >= 4 is 17.9 Å². The molecule has 32 heavy (non-hydrogen) atoms. The van der Waals surface area contributed by atoms with Gasteiger partial charge in [-0.25, -0.2) is 4.79 Å². The third-order valence-corrected chi connectivity index (χ3v) is 4.22. The summed E-state index contributed by atoms with van der Waals surface area (Å²) in [6, 6.07) is 3.14. The number of hydrogen-bond acceptors (Lipinski definition) is 6. The van der Waals surface area contributed by atoms with E-state index in [4.69, 9.17) is 4.74 Å². The summed E-state index contributed by atoms with van der Waals surface area (Å²) in [5.41, 5.74) is -0.879. The van der Waals surface area contributed by atoms with Crippen LogP contribution in [0.4, 0.5) is 4.79 Å². The van der Waals surface area contributed by atoms with Gasteiger partial charge in [0, 0.05) is 11.6 Å². The quantitative estimate of drug-likeness (QED) is 0.504. The molecule has 1 aromatic carbocycles. The number of hydrogen-bond donors (Lipinski definition) is 4. The zero-order chi connectivity index (χ0) is 24.9. The molecule has 1 aromatic rings. The van der Waals surface area contributed by atoms with E-state index in [1.807, 2.05) is 20.8 Å². The normalized spacial score (nSPS) is 13.8. The van der Waals surface area contributed by atoms with Gasteiger partial charge >= 0.3 is 6.09 Å². The summed E-state index contributed by atoms with van der Waals surface area (Å²) < 4.78 is 5.19. The van der Waals surface area contributed by atoms with Crippen molar-refractivity contribution in [3.05, 3.63) is 29.8 Å². The zero-order valence-corrected chi connectivity index (χ0v) is 20.2. The second kappa shape index (κ2) is 10.7. The van der Waals surface area contributed by atoms with Gasteiger partial charge in [0.25, 0.3) is 0 Å². The van der Waals surface area contributed by atoms with E-state index in [0.29, 0.717) is 5.56 Å². The van der Waals surface area contributed by atoms with Gasteiger partial charge < -0.3 is 30.5 Å². The maximum atomic E-state index is 13.4. The predicted octanol–water partition coefficient (Wildman–Crippen LogP) is 2.47. The van der Waals surface area contributed by atoms with Gasteiger partial charge in [-0.2, -0.15) is 0 Å². The molecule has 4 N–H and O–H groups in total. The molecule has 0 aromatic heterocycles. The van der Waals surface area contributed by atoms with Crippen LogP contribution in [0.5, 0.6) is 5.75 Å². The minimum absolute atomic E-state index is 0.0194. The Hall–Kier alpha value is -2.81. The standard InChI is InChI=1S/C23H37N3O6/c1-14(2)26(20(30)17(13-27)24-21(31)32-23(6,7)8)18(19(29)25-22(3,4)5)15-9-11-16(28)12-10-15/h9-12,14,17-18,27-28H,13H2,1-8H3,(H,24,31)(H,25,29). The molecule has 0 heterocycles. The molecule has 0 saturated heterocycles. The first kappa shape index (κ1) is 27.2. The summed E-state index contributed by atoms with van der Waals surface area (Å²) in [4.78, 5) is 40.2. The predicted molar refractivity (Wildman–Crippen MR) is 121 cm³/mol. The topological polar surface area (TPSA) is 128 Å². The lowest BCUT2D eigenvalue weighted by atomic mass is 9.99. The summed E-state index contributed by atoms with van der Waals surface area (Å²) in [7, 11) is 0. The molecule has 3 amide bonds. The van der Waals surface area contributed by atoms with Gasteiger partial charge in [0.05, 0.1) is 6.61 Å². The highest BCUT2D eigenvalue weighted by atomic mass is 16.6. The molecule has 2 unspecified atom stereocenters. The molecule has 0 aliphatic heterocycles. The van der Waals surface area contributed by atoms with Crippen LogP contribution < -0.4 is 10.6 Å². The maximum absolute atomic E-state index is 13.4. The first-order chi connectivity index (χ1) is 14.6. The molecule has 2 atom stereocenters. The molecule has 0 aliphatic rings. The number of amides is 3. The number of benzene rings is 1. The van der Waals surface area contributed by atoms with Crippen LogP contribution >= 0.6 is 0 Å². The van der Waals surface area contributed by atoms with Gasteiger partial charge in [0.1, 0.15) is 23.4 Å². The molecular formula is C23H37N3O6. The van der Waals surface area contributed by atoms with E-state index in [9.17, 15) is 24.6 Å². The summed E-state index contributed by atoms with van der Waals surface area (Å²) >= 11 is 0. The van der Waals surface area contributed by atoms with Crippen molar-refractivity contribution in [3.63, 3.8) is 0 Å². The van der Waals surface area contributed by atoms with Crippen LogP contribution in [0.1, 0.15) is 67.0 Å². The average Bonchev–Trinajstić information content (AvgIpc) is 2.61. The first-order valence-corrected chi connectivity index (χ1v) is 10.6. The lowest BCUT2D eigenvalue weighted by Crippen LogP contribution is -2.57. The Morgan fingerprint density at radius 3 is 1.97 bits per heavy atom. The molecule has 0 aliphatic carbocycles. The Morgan fingerprint density at radius 1 is 1.03 bits per heavy atom. The molecule has 0 spiro atoms. The summed E-state index contributed by atoms with van der Waals surface area (Å²) in [6.07, 6.45) is -0.853. The van der Waals surface area contributed by atoms with Gasteiger partial charge in [-0.1, -0.05) is 12.1 Å². The fourth-order valence-corrected chi connectivity index (χ4v) is 3.03. The van der Waals surface area contributed by atoms with E-state index in [0.717, 1.165) is 0 Å². The number of alkyl carbamates (subject to hydrolysis) is 1. The van der Waals surface area contributed by atoms with Crippen molar-refractivity contribution in [2.24, 2.45) is 0 Å². The molecule has 1 rings (SSSR count). The summed E-state index contributed by atoms with van der Waals surface area (Å²) in [5, 5.41) is 24.8. The van der Waals surface area contributed by atoms with Crippen molar-refractivity contribution in [2.45, 2.75) is 84.7 Å². The second-order valence-electron chi connectivity index (χ2n) is 9.95. The Morgan fingerprint density at radius 2 is 1.56 bits per heavy atom. The average molecular weight is 452 g/mol. The monoisotopic (exact) mass is 451 g/mol. The van der Waals surface area contributed by atoms with E-state index < -0.39 is 53.8 Å². The summed E-state index contributed by atoms with van der Waals surface area (Å²) in [6.45, 7) is 13.3. The number of aliphatic hydroxyl groups is 1. The van der Waals surface area contributed by atoms with Gasteiger partial charge in [0.2, 0.25) is 11.8 Å². The Kier molecular flexibility index (Phi) is 9.08. The van der Waals surface area contributed by atoms with Crippen molar-refractivity contribution in [3.8, 4) is 5.75 Å². The highest BCUT2D eigenvalue weighted by Gasteiger charge is 2.38. The minimum Gasteiger partial charge on any atom is -0.508 e. The Labute approximate surface area is 190 Å². The number of phenols is 1. The number of carbonyl (C=O) groups is 3. The highest BCUT2D eigenvalue weighted by molar-refractivity contribution is 5.92. The molecule has 0 bridgehead atoms.